The average Bonchev–Trinajstić information content (AvgIpc) is 2.28. The van der Waals surface area contributed by atoms with Gasteiger partial charge in [0.25, 0.3) is 0 Å². The van der Waals surface area contributed by atoms with Gasteiger partial charge in [-0.2, -0.15) is 0 Å². The molecule has 0 aromatic rings. The average molecular weight is 250 g/mol. The lowest BCUT2D eigenvalue weighted by molar-refractivity contribution is 0.158. The van der Waals surface area contributed by atoms with Gasteiger partial charge >= 0.3 is 0 Å². The molecule has 2 unspecified atom stereocenters. The lowest BCUT2D eigenvalue weighted by atomic mass is 9.69. The molecule has 0 aromatic heterocycles. The summed E-state index contributed by atoms with van der Waals surface area (Å²) in [5.74, 6) is 1.57. The summed E-state index contributed by atoms with van der Waals surface area (Å²) in [4.78, 5) is 0. The fourth-order valence-corrected chi connectivity index (χ4v) is 3.58. The van der Waals surface area contributed by atoms with Crippen molar-refractivity contribution in [2.75, 3.05) is 0 Å². The van der Waals surface area contributed by atoms with Crippen LogP contribution in [0, 0.1) is 17.3 Å². The summed E-state index contributed by atoms with van der Waals surface area (Å²) < 4.78 is 0. The van der Waals surface area contributed by atoms with Crippen LogP contribution in [0.15, 0.2) is 12.7 Å². The van der Waals surface area contributed by atoms with Gasteiger partial charge in [0, 0.05) is 0 Å². The third kappa shape index (κ3) is 5.59. The molecular weight excluding hydrogens is 216 g/mol. The highest BCUT2D eigenvalue weighted by atomic mass is 14.3. The zero-order valence-corrected chi connectivity index (χ0v) is 13.0. The molecule has 0 saturated heterocycles. The Bertz CT molecular complexity index is 221. The Morgan fingerprint density at radius 1 is 0.778 bits per heavy atom. The zero-order valence-electron chi connectivity index (χ0n) is 13.0. The van der Waals surface area contributed by atoms with Crippen LogP contribution in [0.4, 0.5) is 0 Å². The van der Waals surface area contributed by atoms with E-state index in [4.69, 9.17) is 0 Å². The maximum absolute atomic E-state index is 4.12. The highest BCUT2D eigenvalue weighted by Gasteiger charge is 2.29. The van der Waals surface area contributed by atoms with Crippen molar-refractivity contribution >= 4 is 0 Å². The highest BCUT2D eigenvalue weighted by Crippen LogP contribution is 2.39. The van der Waals surface area contributed by atoms with Crippen LogP contribution < -0.4 is 0 Å². The number of allylic oxidation sites excluding steroid dienone is 1. The van der Waals surface area contributed by atoms with Gasteiger partial charge in [0.2, 0.25) is 0 Å². The highest BCUT2D eigenvalue weighted by molar-refractivity contribution is 4.90. The van der Waals surface area contributed by atoms with E-state index in [2.05, 4.69) is 33.4 Å². The molecule has 18 heavy (non-hydrogen) atoms. The molecule has 0 heteroatoms. The first-order valence-corrected chi connectivity index (χ1v) is 8.18. The molecule has 0 heterocycles. The standard InChI is InChI=1S/C18H34/c1-5-16-14-12-10-8-6-7-9-11-13-15-17(16)18(2,3)4/h5,16-17H,1,6-15H2,2-4H3. The summed E-state index contributed by atoms with van der Waals surface area (Å²) in [5, 5.41) is 0. The maximum Gasteiger partial charge on any atom is -0.0203 e. The Morgan fingerprint density at radius 3 is 1.67 bits per heavy atom. The predicted molar refractivity (Wildman–Crippen MR) is 82.8 cm³/mol. The fourth-order valence-electron chi connectivity index (χ4n) is 3.58. The topological polar surface area (TPSA) is 0 Å². The minimum absolute atomic E-state index is 0.434. The molecule has 1 saturated carbocycles. The van der Waals surface area contributed by atoms with Gasteiger partial charge in [0.1, 0.15) is 0 Å². The van der Waals surface area contributed by atoms with Crippen molar-refractivity contribution in [2.24, 2.45) is 17.3 Å². The molecule has 0 N–H and O–H groups in total. The smallest absolute Gasteiger partial charge is 0.0203 e. The SMILES string of the molecule is C=CC1CCCCCCCCCCC1C(C)(C)C. The quantitative estimate of drug-likeness (QED) is 0.475. The maximum atomic E-state index is 4.12. The molecule has 0 radical (unpaired) electrons. The Balaban J connectivity index is 2.63. The summed E-state index contributed by atoms with van der Waals surface area (Å²) in [6, 6.07) is 0. The number of hydrogen-bond donors (Lipinski definition) is 0. The summed E-state index contributed by atoms with van der Waals surface area (Å²) in [6.07, 6.45) is 16.5. The van der Waals surface area contributed by atoms with Crippen molar-refractivity contribution in [3.05, 3.63) is 12.7 Å². The van der Waals surface area contributed by atoms with E-state index in [0.717, 1.165) is 11.8 Å². The van der Waals surface area contributed by atoms with Crippen molar-refractivity contribution < 1.29 is 0 Å². The predicted octanol–water partition coefficient (Wildman–Crippen LogP) is 6.37. The molecule has 1 aliphatic rings. The van der Waals surface area contributed by atoms with Gasteiger partial charge < -0.3 is 0 Å². The van der Waals surface area contributed by atoms with Gasteiger partial charge in [-0.3, -0.25) is 0 Å². The van der Waals surface area contributed by atoms with Crippen LogP contribution >= 0.6 is 0 Å². The second-order valence-corrected chi connectivity index (χ2v) is 7.28. The van der Waals surface area contributed by atoms with E-state index < -0.39 is 0 Å². The lowest BCUT2D eigenvalue weighted by Gasteiger charge is -2.36. The van der Waals surface area contributed by atoms with Crippen molar-refractivity contribution in [3.8, 4) is 0 Å². The lowest BCUT2D eigenvalue weighted by Crippen LogP contribution is -2.27. The van der Waals surface area contributed by atoms with Crippen LogP contribution in [0.2, 0.25) is 0 Å². The van der Waals surface area contributed by atoms with Crippen LogP contribution in [-0.2, 0) is 0 Å². The molecule has 2 atom stereocenters. The van der Waals surface area contributed by atoms with E-state index in [1.54, 1.807) is 0 Å². The van der Waals surface area contributed by atoms with Gasteiger partial charge in [0.15, 0.2) is 0 Å². The molecule has 0 aliphatic heterocycles. The zero-order chi connectivity index (χ0) is 13.4. The Labute approximate surface area is 115 Å². The molecule has 1 rings (SSSR count). The van der Waals surface area contributed by atoms with Crippen LogP contribution in [0.5, 0.6) is 0 Å². The first-order chi connectivity index (χ1) is 8.55. The molecule has 1 fully saturated rings. The number of rotatable bonds is 1. The molecule has 106 valence electrons. The minimum atomic E-state index is 0.434. The van der Waals surface area contributed by atoms with Crippen LogP contribution in [0.1, 0.15) is 85.0 Å². The third-order valence-corrected chi connectivity index (χ3v) is 4.73. The molecule has 0 nitrogen and oxygen atoms in total. The van der Waals surface area contributed by atoms with Gasteiger partial charge in [-0.1, -0.05) is 78.2 Å². The molecular formula is C18H34. The van der Waals surface area contributed by atoms with Gasteiger partial charge in [0.05, 0.1) is 0 Å². The van der Waals surface area contributed by atoms with E-state index in [-0.39, 0.29) is 0 Å². The largest absolute Gasteiger partial charge is 0.103 e. The number of hydrogen-bond acceptors (Lipinski definition) is 0. The Kier molecular flexibility index (Phi) is 7.04. The van der Waals surface area contributed by atoms with E-state index in [9.17, 15) is 0 Å². The van der Waals surface area contributed by atoms with Gasteiger partial charge in [-0.05, 0) is 30.1 Å². The van der Waals surface area contributed by atoms with Crippen LogP contribution in [0.25, 0.3) is 0 Å². The fraction of sp³-hybridized carbons (Fsp3) is 0.889. The Morgan fingerprint density at radius 2 is 1.22 bits per heavy atom. The third-order valence-electron chi connectivity index (χ3n) is 4.73. The van der Waals surface area contributed by atoms with Gasteiger partial charge in [-0.15, -0.1) is 6.58 Å². The molecule has 0 aromatic carbocycles. The van der Waals surface area contributed by atoms with E-state index in [1.807, 2.05) is 0 Å². The van der Waals surface area contributed by atoms with E-state index in [0.29, 0.717) is 5.41 Å². The van der Waals surface area contributed by atoms with Gasteiger partial charge in [-0.25, -0.2) is 0 Å². The normalized spacial score (nSPS) is 29.1. The molecule has 0 bridgehead atoms. The van der Waals surface area contributed by atoms with Crippen LogP contribution in [-0.4, -0.2) is 0 Å². The molecule has 0 spiro atoms. The van der Waals surface area contributed by atoms with Crippen LogP contribution in [0.3, 0.4) is 0 Å². The van der Waals surface area contributed by atoms with E-state index >= 15 is 0 Å². The van der Waals surface area contributed by atoms with Crippen molar-refractivity contribution in [3.63, 3.8) is 0 Å². The van der Waals surface area contributed by atoms with Crippen molar-refractivity contribution in [1.82, 2.24) is 0 Å². The second kappa shape index (κ2) is 8.02. The molecule has 1 aliphatic carbocycles. The minimum Gasteiger partial charge on any atom is -0.103 e. The van der Waals surface area contributed by atoms with Crippen molar-refractivity contribution in [1.29, 1.82) is 0 Å². The summed E-state index contributed by atoms with van der Waals surface area (Å²) in [7, 11) is 0. The first kappa shape index (κ1) is 15.8. The summed E-state index contributed by atoms with van der Waals surface area (Å²) in [5.41, 5.74) is 0.434. The second-order valence-electron chi connectivity index (χ2n) is 7.28. The monoisotopic (exact) mass is 250 g/mol. The summed E-state index contributed by atoms with van der Waals surface area (Å²) in [6.45, 7) is 11.4. The summed E-state index contributed by atoms with van der Waals surface area (Å²) >= 11 is 0. The van der Waals surface area contributed by atoms with E-state index in [1.165, 1.54) is 64.2 Å². The Hall–Kier alpha value is -0.260. The first-order valence-electron chi connectivity index (χ1n) is 8.18. The molecule has 0 amide bonds. The van der Waals surface area contributed by atoms with Crippen molar-refractivity contribution in [2.45, 2.75) is 85.0 Å².